The molecule has 4 heteroatoms. The lowest BCUT2D eigenvalue weighted by Gasteiger charge is -2.67. The topological polar surface area (TPSA) is 55.9 Å². The van der Waals surface area contributed by atoms with E-state index >= 15 is 0 Å². The summed E-state index contributed by atoms with van der Waals surface area (Å²) in [6.07, 6.45) is 10.1. The van der Waals surface area contributed by atoms with Gasteiger partial charge in [-0.3, -0.25) is 16.0 Å². The zero-order valence-electron chi connectivity index (χ0n) is 13.5. The lowest BCUT2D eigenvalue weighted by atomic mass is 9.39. The summed E-state index contributed by atoms with van der Waals surface area (Å²) in [5.41, 5.74) is 5.76. The number of nitrogens with one attached hydrogen (secondary N) is 1. The summed E-state index contributed by atoms with van der Waals surface area (Å²) >= 11 is 0. The Morgan fingerprint density at radius 1 is 1.24 bits per heavy atom. The molecule has 1 aromatic rings. The maximum Gasteiger partial charge on any atom is 0.0685 e. The molecule has 4 aliphatic rings. The lowest BCUT2D eigenvalue weighted by molar-refractivity contribution is -0.159. The van der Waals surface area contributed by atoms with Crippen molar-refractivity contribution in [1.29, 1.82) is 0 Å². The number of nitrogens with two attached hydrogens (primary N) is 1. The average molecular weight is 288 g/mol. The van der Waals surface area contributed by atoms with Crippen LogP contribution in [0.1, 0.15) is 64.1 Å². The molecule has 116 valence electrons. The first-order chi connectivity index (χ1) is 9.87. The van der Waals surface area contributed by atoms with Crippen molar-refractivity contribution in [1.82, 2.24) is 15.2 Å². The van der Waals surface area contributed by atoms with Crippen molar-refractivity contribution < 1.29 is 0 Å². The Morgan fingerprint density at radius 2 is 1.90 bits per heavy atom. The van der Waals surface area contributed by atoms with Gasteiger partial charge in [0.05, 0.1) is 11.7 Å². The molecular weight excluding hydrogens is 260 g/mol. The third kappa shape index (κ3) is 1.92. The van der Waals surface area contributed by atoms with Crippen LogP contribution in [0, 0.1) is 22.2 Å². The molecular formula is C17H28N4. The van der Waals surface area contributed by atoms with Crippen LogP contribution in [0.4, 0.5) is 0 Å². The summed E-state index contributed by atoms with van der Waals surface area (Å²) in [4.78, 5) is 0. The van der Waals surface area contributed by atoms with Crippen LogP contribution in [0.5, 0.6) is 0 Å². The SMILES string of the molecule is Cn1nccc1C(NN)C12CC3CC(C)(CC(C)(C3)C1)C2. The lowest BCUT2D eigenvalue weighted by Crippen LogP contribution is -2.59. The van der Waals surface area contributed by atoms with Gasteiger partial charge in [0, 0.05) is 13.2 Å². The second kappa shape index (κ2) is 4.11. The summed E-state index contributed by atoms with van der Waals surface area (Å²) in [7, 11) is 2.03. The molecule has 0 radical (unpaired) electrons. The highest BCUT2D eigenvalue weighted by Gasteiger charge is 2.62. The minimum absolute atomic E-state index is 0.229. The Morgan fingerprint density at radius 3 is 2.38 bits per heavy atom. The molecule has 0 spiro atoms. The third-order valence-electron chi connectivity index (χ3n) is 6.60. The van der Waals surface area contributed by atoms with Gasteiger partial charge < -0.3 is 0 Å². The summed E-state index contributed by atoms with van der Waals surface area (Å²) in [5, 5.41) is 4.37. The minimum atomic E-state index is 0.229. The number of hydrazine groups is 1. The van der Waals surface area contributed by atoms with Crippen molar-refractivity contribution in [3.8, 4) is 0 Å². The minimum Gasteiger partial charge on any atom is -0.271 e. The smallest absolute Gasteiger partial charge is 0.0685 e. The molecule has 21 heavy (non-hydrogen) atoms. The van der Waals surface area contributed by atoms with E-state index in [1.54, 1.807) is 0 Å². The molecule has 4 aliphatic carbocycles. The molecule has 0 aliphatic heterocycles. The molecule has 3 unspecified atom stereocenters. The van der Waals surface area contributed by atoms with Crippen LogP contribution in [0.15, 0.2) is 12.3 Å². The van der Waals surface area contributed by atoms with Gasteiger partial charge in [-0.05, 0) is 66.8 Å². The Balaban J connectivity index is 1.78. The van der Waals surface area contributed by atoms with Crippen LogP contribution >= 0.6 is 0 Å². The molecule has 4 fully saturated rings. The molecule has 3 atom stereocenters. The highest BCUT2D eigenvalue weighted by atomic mass is 15.3. The van der Waals surface area contributed by atoms with Crippen LogP contribution in [0.3, 0.4) is 0 Å². The average Bonchev–Trinajstić information content (AvgIpc) is 2.71. The van der Waals surface area contributed by atoms with Gasteiger partial charge in [0.15, 0.2) is 0 Å². The Labute approximate surface area is 127 Å². The fourth-order valence-corrected chi connectivity index (χ4v) is 7.10. The highest BCUT2D eigenvalue weighted by molar-refractivity contribution is 5.19. The zero-order chi connectivity index (χ0) is 14.9. The van der Waals surface area contributed by atoms with Crippen molar-refractivity contribution in [2.45, 2.75) is 58.4 Å². The number of rotatable bonds is 3. The second-order valence-corrected chi connectivity index (χ2v) is 8.97. The van der Waals surface area contributed by atoms with Crippen molar-refractivity contribution in [2.75, 3.05) is 0 Å². The van der Waals surface area contributed by atoms with Crippen molar-refractivity contribution in [3.05, 3.63) is 18.0 Å². The van der Waals surface area contributed by atoms with Gasteiger partial charge in [-0.1, -0.05) is 13.8 Å². The Bertz CT molecular complexity index is 545. The number of hydrogen-bond donors (Lipinski definition) is 2. The first kappa shape index (κ1) is 13.8. The summed E-state index contributed by atoms with van der Waals surface area (Å²) in [5.74, 6) is 6.94. The molecule has 0 saturated heterocycles. The van der Waals surface area contributed by atoms with E-state index in [9.17, 15) is 0 Å². The fraction of sp³-hybridized carbons (Fsp3) is 0.824. The van der Waals surface area contributed by atoms with E-state index in [1.807, 2.05) is 17.9 Å². The van der Waals surface area contributed by atoms with Crippen LogP contribution < -0.4 is 11.3 Å². The van der Waals surface area contributed by atoms with Crippen molar-refractivity contribution in [2.24, 2.45) is 35.1 Å². The Kier molecular flexibility index (Phi) is 2.69. The van der Waals surface area contributed by atoms with E-state index in [1.165, 1.54) is 44.2 Å². The summed E-state index contributed by atoms with van der Waals surface area (Å²) in [6, 6.07) is 2.36. The van der Waals surface area contributed by atoms with E-state index in [2.05, 4.69) is 30.4 Å². The number of nitrogens with zero attached hydrogens (tertiary/aromatic N) is 2. The van der Waals surface area contributed by atoms with E-state index < -0.39 is 0 Å². The third-order valence-corrected chi connectivity index (χ3v) is 6.60. The molecule has 4 saturated carbocycles. The molecule has 1 heterocycles. The molecule has 3 N–H and O–H groups in total. The molecule has 4 bridgehead atoms. The number of aryl methyl sites for hydroxylation is 1. The van der Waals surface area contributed by atoms with E-state index in [4.69, 9.17) is 5.84 Å². The number of aromatic nitrogens is 2. The highest BCUT2D eigenvalue weighted by Crippen LogP contribution is 2.72. The molecule has 4 nitrogen and oxygen atoms in total. The van der Waals surface area contributed by atoms with E-state index in [0.717, 1.165) is 5.92 Å². The molecule has 0 amide bonds. The van der Waals surface area contributed by atoms with Gasteiger partial charge in [-0.25, -0.2) is 0 Å². The largest absolute Gasteiger partial charge is 0.271 e. The van der Waals surface area contributed by atoms with Gasteiger partial charge in [-0.2, -0.15) is 5.10 Å². The summed E-state index contributed by atoms with van der Waals surface area (Å²) in [6.45, 7) is 5.03. The maximum absolute atomic E-state index is 6.05. The molecule has 0 aromatic carbocycles. The van der Waals surface area contributed by atoms with Crippen LogP contribution in [-0.2, 0) is 7.05 Å². The van der Waals surface area contributed by atoms with Crippen molar-refractivity contribution in [3.63, 3.8) is 0 Å². The molecule has 1 aromatic heterocycles. The monoisotopic (exact) mass is 288 g/mol. The maximum atomic E-state index is 6.05. The van der Waals surface area contributed by atoms with Crippen LogP contribution in [0.25, 0.3) is 0 Å². The zero-order valence-corrected chi connectivity index (χ0v) is 13.5. The summed E-state index contributed by atoms with van der Waals surface area (Å²) < 4.78 is 1.99. The fourth-order valence-electron chi connectivity index (χ4n) is 7.10. The predicted octanol–water partition coefficient (Wildman–Crippen LogP) is 2.92. The predicted molar refractivity (Wildman–Crippen MR) is 83.1 cm³/mol. The second-order valence-electron chi connectivity index (χ2n) is 8.97. The normalized spacial score (nSPS) is 46.0. The van der Waals surface area contributed by atoms with Crippen LogP contribution in [0.2, 0.25) is 0 Å². The van der Waals surface area contributed by atoms with E-state index in [-0.39, 0.29) is 6.04 Å². The number of hydrogen-bond acceptors (Lipinski definition) is 3. The van der Waals surface area contributed by atoms with Gasteiger partial charge in [0.25, 0.3) is 0 Å². The van der Waals surface area contributed by atoms with Gasteiger partial charge in [0.2, 0.25) is 0 Å². The van der Waals surface area contributed by atoms with Gasteiger partial charge >= 0.3 is 0 Å². The van der Waals surface area contributed by atoms with Crippen LogP contribution in [-0.4, -0.2) is 9.78 Å². The quantitative estimate of drug-likeness (QED) is 0.664. The standard InChI is InChI=1S/C17H28N4/c1-15-6-12-7-16(2,9-15)11-17(8-12,10-15)14(20-18)13-4-5-19-21(13)3/h4-5,12,14,20H,6-11,18H2,1-3H3. The van der Waals surface area contributed by atoms with E-state index in [0.29, 0.717) is 16.2 Å². The van der Waals surface area contributed by atoms with Gasteiger partial charge in [-0.15, -0.1) is 0 Å². The van der Waals surface area contributed by atoms with Crippen molar-refractivity contribution >= 4 is 0 Å². The Hall–Kier alpha value is -0.870. The molecule has 5 rings (SSSR count). The first-order valence-electron chi connectivity index (χ1n) is 8.31. The van der Waals surface area contributed by atoms with Gasteiger partial charge in [0.1, 0.15) is 0 Å². The first-order valence-corrected chi connectivity index (χ1v) is 8.31.